The molecule has 0 amide bonds. The van der Waals surface area contributed by atoms with Crippen LogP contribution in [0.15, 0.2) is 0 Å². The van der Waals surface area contributed by atoms with E-state index in [2.05, 4.69) is 0 Å². The van der Waals surface area contributed by atoms with Gasteiger partial charge >= 0.3 is 6.18 Å². The molecule has 0 saturated heterocycles. The fourth-order valence-corrected chi connectivity index (χ4v) is 2.20. The van der Waals surface area contributed by atoms with Crippen molar-refractivity contribution < 1.29 is 22.7 Å². The van der Waals surface area contributed by atoms with E-state index in [0.717, 1.165) is 19.3 Å². The van der Waals surface area contributed by atoms with Crippen LogP contribution in [0, 0.1) is 0 Å². The van der Waals surface area contributed by atoms with Crippen molar-refractivity contribution in [3.05, 3.63) is 0 Å². The molecule has 0 aliphatic heterocycles. The third-order valence-electron chi connectivity index (χ3n) is 3.20. The molecule has 0 radical (unpaired) electrons. The Hall–Kier alpha value is -0.580. The van der Waals surface area contributed by atoms with Gasteiger partial charge in [0.1, 0.15) is 5.60 Å². The van der Waals surface area contributed by atoms with E-state index >= 15 is 0 Å². The van der Waals surface area contributed by atoms with E-state index in [-0.39, 0.29) is 0 Å². The number of carbonyl (C=O) groups excluding carboxylic acids is 1. The van der Waals surface area contributed by atoms with Gasteiger partial charge < -0.3 is 4.74 Å². The van der Waals surface area contributed by atoms with Crippen LogP contribution in [0.1, 0.15) is 44.9 Å². The van der Waals surface area contributed by atoms with Gasteiger partial charge in [-0.2, -0.15) is 13.2 Å². The van der Waals surface area contributed by atoms with Crippen molar-refractivity contribution in [1.29, 1.82) is 0 Å². The van der Waals surface area contributed by atoms with E-state index in [0.29, 0.717) is 12.8 Å². The van der Waals surface area contributed by atoms with Crippen LogP contribution < -0.4 is 0 Å². The molecule has 0 spiro atoms. The second-order valence-electron chi connectivity index (χ2n) is 4.30. The molecule has 5 heteroatoms. The highest BCUT2D eigenvalue weighted by Crippen LogP contribution is 2.34. The molecule has 0 aromatic carbocycles. The Morgan fingerprint density at radius 2 is 1.81 bits per heavy atom. The molecule has 0 aromatic heterocycles. The highest BCUT2D eigenvalue weighted by Gasteiger charge is 2.40. The molecule has 94 valence electrons. The number of Topliss-reactive ketones (excluding diaryl/α,β-unsaturated/α-hetero) is 1. The third kappa shape index (κ3) is 3.47. The Bertz CT molecular complexity index is 242. The van der Waals surface area contributed by atoms with Crippen molar-refractivity contribution >= 4 is 5.78 Å². The van der Waals surface area contributed by atoms with Crippen molar-refractivity contribution in [2.75, 3.05) is 7.11 Å². The minimum absolute atomic E-state index is 0.396. The van der Waals surface area contributed by atoms with Crippen molar-refractivity contribution in [3.63, 3.8) is 0 Å². The summed E-state index contributed by atoms with van der Waals surface area (Å²) in [6, 6.07) is 0. The lowest BCUT2D eigenvalue weighted by Gasteiger charge is -2.34. The number of alkyl halides is 3. The molecule has 1 saturated carbocycles. The number of hydrogen-bond donors (Lipinski definition) is 0. The van der Waals surface area contributed by atoms with Crippen LogP contribution >= 0.6 is 0 Å². The molecular formula is C11H17F3O2. The van der Waals surface area contributed by atoms with Crippen LogP contribution in [0.3, 0.4) is 0 Å². The van der Waals surface area contributed by atoms with E-state index in [1.807, 2.05) is 0 Å². The number of methoxy groups -OCH3 is 1. The smallest absolute Gasteiger partial charge is 0.370 e. The van der Waals surface area contributed by atoms with Gasteiger partial charge in [0.2, 0.25) is 0 Å². The van der Waals surface area contributed by atoms with Gasteiger partial charge in [0.15, 0.2) is 5.78 Å². The predicted octanol–water partition coefficient (Wildman–Crippen LogP) is 3.25. The Labute approximate surface area is 93.2 Å². The fourth-order valence-electron chi connectivity index (χ4n) is 2.20. The minimum atomic E-state index is -4.26. The van der Waals surface area contributed by atoms with Crippen molar-refractivity contribution in [2.45, 2.75) is 56.7 Å². The Morgan fingerprint density at radius 3 is 2.25 bits per heavy atom. The zero-order valence-electron chi connectivity index (χ0n) is 9.40. The maximum absolute atomic E-state index is 12.0. The number of halogens is 3. The quantitative estimate of drug-likeness (QED) is 0.751. The highest BCUT2D eigenvalue weighted by atomic mass is 19.4. The van der Waals surface area contributed by atoms with E-state index in [1.54, 1.807) is 0 Å². The molecule has 0 bridgehead atoms. The largest absolute Gasteiger partial charge is 0.389 e. The van der Waals surface area contributed by atoms with E-state index in [9.17, 15) is 18.0 Å². The molecule has 1 aliphatic rings. The van der Waals surface area contributed by atoms with Crippen LogP contribution in [0.2, 0.25) is 0 Å². The van der Waals surface area contributed by atoms with E-state index < -0.39 is 30.4 Å². The molecule has 2 nitrogen and oxygen atoms in total. The first-order valence-corrected chi connectivity index (χ1v) is 5.55. The van der Waals surface area contributed by atoms with Crippen molar-refractivity contribution in [2.24, 2.45) is 0 Å². The number of ketones is 1. The first kappa shape index (κ1) is 13.5. The Morgan fingerprint density at radius 1 is 1.25 bits per heavy atom. The maximum atomic E-state index is 12.0. The van der Waals surface area contributed by atoms with Gasteiger partial charge in [0.05, 0.1) is 6.42 Å². The summed E-state index contributed by atoms with van der Waals surface area (Å²) < 4.78 is 41.2. The summed E-state index contributed by atoms with van der Waals surface area (Å²) >= 11 is 0. The topological polar surface area (TPSA) is 26.3 Å². The van der Waals surface area contributed by atoms with Gasteiger partial charge in [-0.1, -0.05) is 19.3 Å². The van der Waals surface area contributed by atoms with E-state index in [4.69, 9.17) is 4.74 Å². The molecule has 1 fully saturated rings. The van der Waals surface area contributed by atoms with Crippen LogP contribution in [0.5, 0.6) is 0 Å². The third-order valence-corrected chi connectivity index (χ3v) is 3.20. The van der Waals surface area contributed by atoms with Crippen LogP contribution in [0.4, 0.5) is 13.2 Å². The molecule has 0 atom stereocenters. The molecule has 0 heterocycles. The van der Waals surface area contributed by atoms with Crippen molar-refractivity contribution in [3.8, 4) is 0 Å². The summed E-state index contributed by atoms with van der Waals surface area (Å²) in [5.41, 5.74) is -0.941. The Kier molecular flexibility index (Phi) is 4.35. The van der Waals surface area contributed by atoms with Crippen molar-refractivity contribution in [1.82, 2.24) is 0 Å². The molecule has 0 aromatic rings. The summed E-state index contributed by atoms with van der Waals surface area (Å²) in [4.78, 5) is 11.8. The lowest BCUT2D eigenvalue weighted by Crippen LogP contribution is -2.42. The average Bonchev–Trinajstić information content (AvgIpc) is 2.25. The molecular weight excluding hydrogens is 221 g/mol. The maximum Gasteiger partial charge on any atom is 0.389 e. The van der Waals surface area contributed by atoms with Gasteiger partial charge in [-0.25, -0.2) is 0 Å². The molecule has 0 unspecified atom stereocenters. The first-order valence-electron chi connectivity index (χ1n) is 5.55. The summed E-state index contributed by atoms with van der Waals surface area (Å²) in [6.45, 7) is 0. The van der Waals surface area contributed by atoms with E-state index in [1.165, 1.54) is 7.11 Å². The SMILES string of the molecule is COC1(C(=O)CCC(F)(F)F)CCCCC1. The fraction of sp³-hybridized carbons (Fsp3) is 0.909. The Balaban J connectivity index is 2.55. The molecule has 16 heavy (non-hydrogen) atoms. The van der Waals surface area contributed by atoms with Crippen LogP contribution in [-0.4, -0.2) is 24.7 Å². The predicted molar refractivity (Wildman–Crippen MR) is 53.1 cm³/mol. The van der Waals surface area contributed by atoms with Gasteiger partial charge in [0, 0.05) is 13.5 Å². The zero-order valence-corrected chi connectivity index (χ0v) is 9.40. The van der Waals surface area contributed by atoms with Gasteiger partial charge in [0.25, 0.3) is 0 Å². The first-order chi connectivity index (χ1) is 7.40. The number of hydrogen-bond acceptors (Lipinski definition) is 2. The monoisotopic (exact) mass is 238 g/mol. The number of rotatable bonds is 4. The van der Waals surface area contributed by atoms with Gasteiger partial charge in [-0.05, 0) is 12.8 Å². The van der Waals surface area contributed by atoms with Gasteiger partial charge in [-0.3, -0.25) is 4.79 Å². The summed E-state index contributed by atoms with van der Waals surface area (Å²) in [5.74, 6) is -0.396. The number of carbonyl (C=O) groups is 1. The standard InChI is InChI=1S/C11H17F3O2/c1-16-10(6-3-2-4-7-10)9(15)5-8-11(12,13)14/h2-8H2,1H3. The lowest BCUT2D eigenvalue weighted by molar-refractivity contribution is -0.157. The lowest BCUT2D eigenvalue weighted by atomic mass is 9.80. The zero-order chi connectivity index (χ0) is 12.2. The number of ether oxygens (including phenoxy) is 1. The summed E-state index contributed by atoms with van der Waals surface area (Å²) in [6.07, 6.45) is -1.93. The minimum Gasteiger partial charge on any atom is -0.370 e. The molecule has 1 rings (SSSR count). The summed E-state index contributed by atoms with van der Waals surface area (Å²) in [5, 5.41) is 0. The second-order valence-corrected chi connectivity index (χ2v) is 4.30. The summed E-state index contributed by atoms with van der Waals surface area (Å²) in [7, 11) is 1.41. The average molecular weight is 238 g/mol. The molecule has 1 aliphatic carbocycles. The molecule has 0 N–H and O–H groups in total. The van der Waals surface area contributed by atoms with Crippen LogP contribution in [0.25, 0.3) is 0 Å². The van der Waals surface area contributed by atoms with Gasteiger partial charge in [-0.15, -0.1) is 0 Å². The normalized spacial score (nSPS) is 20.8. The highest BCUT2D eigenvalue weighted by molar-refractivity contribution is 5.87. The van der Waals surface area contributed by atoms with Crippen LogP contribution in [-0.2, 0) is 9.53 Å². The second kappa shape index (κ2) is 5.17.